The summed E-state index contributed by atoms with van der Waals surface area (Å²) in [7, 11) is 0. The molecule has 0 bridgehead atoms. The smallest absolute Gasteiger partial charge is 0.327 e. The topological polar surface area (TPSA) is 66.4 Å². The fourth-order valence-corrected chi connectivity index (χ4v) is 3.08. The number of hydrogen-bond donors (Lipinski definition) is 2. The Kier molecular flexibility index (Phi) is 6.69. The number of amides is 1. The maximum absolute atomic E-state index is 12.0. The van der Waals surface area contributed by atoms with Gasteiger partial charge in [-0.15, -0.1) is 0 Å². The lowest BCUT2D eigenvalue weighted by Crippen LogP contribution is -2.43. The Morgan fingerprint density at radius 1 is 0.957 bits per heavy atom. The number of benzene rings is 2. The number of nitrogens with one attached hydrogen (secondary N) is 1. The summed E-state index contributed by atoms with van der Waals surface area (Å²) in [5, 5.41) is 11.8. The van der Waals surface area contributed by atoms with Gasteiger partial charge in [-0.3, -0.25) is 4.79 Å². The maximum atomic E-state index is 12.0. The molecule has 23 heavy (non-hydrogen) atoms. The van der Waals surface area contributed by atoms with Crippen LogP contribution >= 0.6 is 11.8 Å². The highest BCUT2D eigenvalue weighted by molar-refractivity contribution is 7.98. The first-order valence-corrected chi connectivity index (χ1v) is 8.48. The van der Waals surface area contributed by atoms with E-state index < -0.39 is 12.0 Å². The minimum Gasteiger partial charge on any atom is -0.480 e. The molecule has 2 aromatic carbocycles. The van der Waals surface area contributed by atoms with Gasteiger partial charge in [0, 0.05) is 11.5 Å². The summed E-state index contributed by atoms with van der Waals surface area (Å²) >= 11 is 1.50. The second-order valence-corrected chi connectivity index (χ2v) is 6.15. The van der Waals surface area contributed by atoms with Crippen molar-refractivity contribution in [2.45, 2.75) is 18.2 Å². The highest BCUT2D eigenvalue weighted by Crippen LogP contribution is 2.13. The molecule has 0 saturated heterocycles. The highest BCUT2D eigenvalue weighted by Gasteiger charge is 2.19. The lowest BCUT2D eigenvalue weighted by atomic mass is 10.1. The van der Waals surface area contributed by atoms with Crippen molar-refractivity contribution in [3.8, 4) is 0 Å². The van der Waals surface area contributed by atoms with Gasteiger partial charge in [0.15, 0.2) is 0 Å². The van der Waals surface area contributed by atoms with E-state index in [1.54, 1.807) is 0 Å². The van der Waals surface area contributed by atoms with Crippen molar-refractivity contribution in [2.75, 3.05) is 5.75 Å². The van der Waals surface area contributed by atoms with Crippen LogP contribution in [0.1, 0.15) is 11.1 Å². The molecule has 120 valence electrons. The van der Waals surface area contributed by atoms with Crippen molar-refractivity contribution in [1.82, 2.24) is 5.32 Å². The van der Waals surface area contributed by atoms with Gasteiger partial charge in [0.1, 0.15) is 6.04 Å². The first-order chi connectivity index (χ1) is 11.1. The summed E-state index contributed by atoms with van der Waals surface area (Å²) in [6.07, 6.45) is 0.188. The molecule has 1 amide bonds. The molecule has 0 aliphatic carbocycles. The average Bonchev–Trinajstić information content (AvgIpc) is 2.55. The fraction of sp³-hybridized carbons (Fsp3) is 0.222. The number of thioether (sulfide) groups is 1. The van der Waals surface area contributed by atoms with Crippen LogP contribution in [-0.4, -0.2) is 28.8 Å². The summed E-state index contributed by atoms with van der Waals surface area (Å²) in [5.74, 6) is -0.222. The molecule has 2 rings (SSSR count). The van der Waals surface area contributed by atoms with E-state index in [-0.39, 0.29) is 12.3 Å². The number of carboxylic acid groups (broad SMARTS) is 1. The van der Waals surface area contributed by atoms with Crippen molar-refractivity contribution in [3.63, 3.8) is 0 Å². The Morgan fingerprint density at radius 2 is 1.52 bits per heavy atom. The molecular weight excluding hydrogens is 310 g/mol. The molecule has 0 radical (unpaired) electrons. The van der Waals surface area contributed by atoms with Crippen LogP contribution in [0.25, 0.3) is 0 Å². The zero-order valence-electron chi connectivity index (χ0n) is 12.6. The Balaban J connectivity index is 1.81. The first-order valence-electron chi connectivity index (χ1n) is 7.33. The highest BCUT2D eigenvalue weighted by atomic mass is 32.2. The molecule has 4 nitrogen and oxygen atoms in total. The standard InChI is InChI=1S/C18H19NO3S/c20-17(11-14-7-3-1-4-8-14)19-16(18(21)22)13-23-12-15-9-5-2-6-10-15/h1-10,16H,11-13H2,(H,19,20)(H,21,22)/t16-/m0/s1. The molecule has 2 N–H and O–H groups in total. The average molecular weight is 329 g/mol. The number of carboxylic acids is 1. The predicted octanol–water partition coefficient (Wildman–Crippen LogP) is 2.73. The van der Waals surface area contributed by atoms with E-state index in [9.17, 15) is 14.7 Å². The molecule has 1 atom stereocenters. The van der Waals surface area contributed by atoms with E-state index in [2.05, 4.69) is 5.32 Å². The van der Waals surface area contributed by atoms with E-state index in [4.69, 9.17) is 0 Å². The van der Waals surface area contributed by atoms with Crippen LogP contribution < -0.4 is 5.32 Å². The summed E-state index contributed by atoms with van der Waals surface area (Å²) in [6, 6.07) is 18.2. The van der Waals surface area contributed by atoms with E-state index in [1.165, 1.54) is 11.8 Å². The minimum absolute atomic E-state index is 0.188. The van der Waals surface area contributed by atoms with Gasteiger partial charge in [-0.2, -0.15) is 11.8 Å². The number of aliphatic carboxylic acids is 1. The molecule has 2 aromatic rings. The lowest BCUT2D eigenvalue weighted by Gasteiger charge is -2.14. The first kappa shape index (κ1) is 17.1. The number of carbonyl (C=O) groups excluding carboxylic acids is 1. The largest absolute Gasteiger partial charge is 0.480 e. The van der Waals surface area contributed by atoms with Crippen LogP contribution in [0.2, 0.25) is 0 Å². The van der Waals surface area contributed by atoms with Gasteiger partial charge in [0.2, 0.25) is 5.91 Å². The SMILES string of the molecule is O=C(Cc1ccccc1)N[C@@H](CSCc1ccccc1)C(=O)O. The van der Waals surface area contributed by atoms with Gasteiger partial charge in [0.05, 0.1) is 6.42 Å². The van der Waals surface area contributed by atoms with Gasteiger partial charge < -0.3 is 10.4 Å². The van der Waals surface area contributed by atoms with Crippen molar-refractivity contribution in [2.24, 2.45) is 0 Å². The molecule has 5 heteroatoms. The minimum atomic E-state index is -1.01. The Labute approximate surface area is 139 Å². The molecule has 0 heterocycles. The van der Waals surface area contributed by atoms with E-state index in [0.717, 1.165) is 16.9 Å². The van der Waals surface area contributed by atoms with Crippen LogP contribution in [0.3, 0.4) is 0 Å². The van der Waals surface area contributed by atoms with Gasteiger partial charge in [-0.1, -0.05) is 60.7 Å². The molecule has 0 aliphatic rings. The van der Waals surface area contributed by atoms with Crippen molar-refractivity contribution in [3.05, 3.63) is 71.8 Å². The summed E-state index contributed by atoms with van der Waals surface area (Å²) < 4.78 is 0. The van der Waals surface area contributed by atoms with E-state index in [0.29, 0.717) is 5.75 Å². The second kappa shape index (κ2) is 9.00. The molecule has 0 unspecified atom stereocenters. The van der Waals surface area contributed by atoms with Gasteiger partial charge in [-0.25, -0.2) is 4.79 Å². The second-order valence-electron chi connectivity index (χ2n) is 5.12. The van der Waals surface area contributed by atoms with Crippen LogP contribution in [0, 0.1) is 0 Å². The van der Waals surface area contributed by atoms with Crippen molar-refractivity contribution in [1.29, 1.82) is 0 Å². The third-order valence-corrected chi connectivity index (χ3v) is 4.34. The molecular formula is C18H19NO3S. The number of hydrogen-bond acceptors (Lipinski definition) is 3. The Hall–Kier alpha value is -2.27. The zero-order valence-corrected chi connectivity index (χ0v) is 13.5. The normalized spacial score (nSPS) is 11.7. The van der Waals surface area contributed by atoms with Crippen molar-refractivity contribution >= 4 is 23.6 Å². The Bertz CT molecular complexity index is 631. The predicted molar refractivity (Wildman–Crippen MR) is 92.3 cm³/mol. The van der Waals surface area contributed by atoms with E-state index >= 15 is 0 Å². The maximum Gasteiger partial charge on any atom is 0.327 e. The fourth-order valence-electron chi connectivity index (χ4n) is 2.07. The van der Waals surface area contributed by atoms with Gasteiger partial charge in [0.25, 0.3) is 0 Å². The Morgan fingerprint density at radius 3 is 2.09 bits per heavy atom. The van der Waals surface area contributed by atoms with Crippen LogP contribution in [0.15, 0.2) is 60.7 Å². The molecule has 0 spiro atoms. The molecule has 0 aliphatic heterocycles. The van der Waals surface area contributed by atoms with Gasteiger partial charge in [-0.05, 0) is 11.1 Å². The molecule has 0 aromatic heterocycles. The zero-order chi connectivity index (χ0) is 16.5. The third kappa shape index (κ3) is 6.16. The molecule has 0 saturated carbocycles. The van der Waals surface area contributed by atoms with Crippen LogP contribution in [-0.2, 0) is 21.8 Å². The third-order valence-electron chi connectivity index (χ3n) is 3.24. The van der Waals surface area contributed by atoms with Crippen LogP contribution in [0.4, 0.5) is 0 Å². The number of carbonyl (C=O) groups is 2. The summed E-state index contributed by atoms with van der Waals surface area (Å²) in [4.78, 5) is 23.3. The van der Waals surface area contributed by atoms with E-state index in [1.807, 2.05) is 60.7 Å². The monoisotopic (exact) mass is 329 g/mol. The lowest BCUT2D eigenvalue weighted by molar-refractivity contribution is -0.141. The quantitative estimate of drug-likeness (QED) is 0.781. The van der Waals surface area contributed by atoms with Gasteiger partial charge >= 0.3 is 5.97 Å². The summed E-state index contributed by atoms with van der Waals surface area (Å²) in [6.45, 7) is 0. The van der Waals surface area contributed by atoms with Crippen molar-refractivity contribution < 1.29 is 14.7 Å². The number of rotatable bonds is 8. The van der Waals surface area contributed by atoms with Crippen LogP contribution in [0.5, 0.6) is 0 Å². The summed E-state index contributed by atoms with van der Waals surface area (Å²) in [5.41, 5.74) is 2.00. The molecule has 0 fully saturated rings.